The summed E-state index contributed by atoms with van der Waals surface area (Å²) >= 11 is 0. The number of methoxy groups -OCH3 is 1. The number of aliphatic hydroxyl groups is 1. The Bertz CT molecular complexity index is 1210. The van der Waals surface area contributed by atoms with E-state index in [0.717, 1.165) is 16.7 Å². The molecule has 1 saturated heterocycles. The summed E-state index contributed by atoms with van der Waals surface area (Å²) in [6, 6.07) is 11.7. The van der Waals surface area contributed by atoms with Crippen LogP contribution in [0.25, 0.3) is 5.76 Å². The van der Waals surface area contributed by atoms with E-state index in [0.29, 0.717) is 17.0 Å². The van der Waals surface area contributed by atoms with Crippen molar-refractivity contribution in [3.63, 3.8) is 0 Å². The lowest BCUT2D eigenvalue weighted by Crippen LogP contribution is -2.29. The van der Waals surface area contributed by atoms with E-state index in [-0.39, 0.29) is 17.9 Å². The number of hydrogen-bond donors (Lipinski definition) is 1. The Morgan fingerprint density at radius 2 is 1.94 bits per heavy atom. The number of aromatic nitrogens is 2. The minimum Gasteiger partial charge on any atom is -0.507 e. The second kappa shape index (κ2) is 8.63. The first-order valence-electron chi connectivity index (χ1n) is 10.2. The third-order valence-corrected chi connectivity index (χ3v) is 5.46. The Morgan fingerprint density at radius 1 is 1.12 bits per heavy atom. The number of Topliss-reactive ketones (excluding diaryl/α,β-unsaturated/α-hetero) is 1. The number of ketones is 1. The van der Waals surface area contributed by atoms with Gasteiger partial charge in [0, 0.05) is 25.1 Å². The number of benzene rings is 1. The zero-order valence-electron chi connectivity index (χ0n) is 18.1. The van der Waals surface area contributed by atoms with Crippen molar-refractivity contribution >= 4 is 17.4 Å². The zero-order chi connectivity index (χ0) is 22.8. The largest absolute Gasteiger partial charge is 0.507 e. The van der Waals surface area contributed by atoms with Crippen LogP contribution in [0.1, 0.15) is 34.0 Å². The molecule has 0 bridgehead atoms. The summed E-state index contributed by atoms with van der Waals surface area (Å²) in [6.07, 6.45) is 4.87. The molecule has 3 aromatic rings. The molecule has 3 heterocycles. The number of hydrogen-bond acceptors (Lipinski definition) is 6. The first-order chi connectivity index (χ1) is 15.4. The quantitative estimate of drug-likeness (QED) is 0.378. The SMILES string of the molecule is COc1c(C)cc(C)cc1/C(O)=C1\C(=O)C(=O)N(Cc2cccnc2)C1c1ccccn1. The highest BCUT2D eigenvalue weighted by Crippen LogP contribution is 2.41. The van der Waals surface area contributed by atoms with Crippen LogP contribution >= 0.6 is 0 Å². The predicted octanol–water partition coefficient (Wildman–Crippen LogP) is 3.72. The van der Waals surface area contributed by atoms with Gasteiger partial charge < -0.3 is 14.7 Å². The van der Waals surface area contributed by atoms with Crippen molar-refractivity contribution in [3.05, 3.63) is 94.6 Å². The lowest BCUT2D eigenvalue weighted by molar-refractivity contribution is -0.140. The van der Waals surface area contributed by atoms with Crippen LogP contribution in [-0.2, 0) is 16.1 Å². The van der Waals surface area contributed by atoms with Crippen molar-refractivity contribution in [1.82, 2.24) is 14.9 Å². The summed E-state index contributed by atoms with van der Waals surface area (Å²) in [4.78, 5) is 36.2. The number of aryl methyl sites for hydroxylation is 2. The molecule has 0 saturated carbocycles. The highest BCUT2D eigenvalue weighted by atomic mass is 16.5. The molecule has 7 heteroatoms. The molecule has 7 nitrogen and oxygen atoms in total. The van der Waals surface area contributed by atoms with Gasteiger partial charge in [0.1, 0.15) is 17.6 Å². The third-order valence-electron chi connectivity index (χ3n) is 5.46. The highest BCUT2D eigenvalue weighted by molar-refractivity contribution is 6.46. The number of pyridine rings is 2. The molecule has 1 aromatic carbocycles. The minimum atomic E-state index is -0.845. The van der Waals surface area contributed by atoms with Crippen molar-refractivity contribution in [2.24, 2.45) is 0 Å². The molecular weight excluding hydrogens is 406 g/mol. The third kappa shape index (κ3) is 3.73. The summed E-state index contributed by atoms with van der Waals surface area (Å²) in [7, 11) is 1.51. The van der Waals surface area contributed by atoms with E-state index in [1.54, 1.807) is 48.9 Å². The maximum Gasteiger partial charge on any atom is 0.296 e. The van der Waals surface area contributed by atoms with E-state index in [4.69, 9.17) is 4.74 Å². The average Bonchev–Trinajstić information content (AvgIpc) is 3.04. The highest BCUT2D eigenvalue weighted by Gasteiger charge is 2.47. The van der Waals surface area contributed by atoms with Crippen LogP contribution in [0, 0.1) is 13.8 Å². The lowest BCUT2D eigenvalue weighted by Gasteiger charge is -2.24. The van der Waals surface area contributed by atoms with Gasteiger partial charge in [-0.05, 0) is 54.8 Å². The maximum absolute atomic E-state index is 13.2. The summed E-state index contributed by atoms with van der Waals surface area (Å²) < 4.78 is 5.51. The number of nitrogens with zero attached hydrogens (tertiary/aromatic N) is 3. The van der Waals surface area contributed by atoms with Crippen molar-refractivity contribution < 1.29 is 19.4 Å². The molecule has 1 N–H and O–H groups in total. The first-order valence-corrected chi connectivity index (χ1v) is 10.2. The summed E-state index contributed by atoms with van der Waals surface area (Å²) in [5.41, 5.74) is 3.31. The number of carbonyl (C=O) groups excluding carboxylic acids is 2. The fourth-order valence-electron chi connectivity index (χ4n) is 4.12. The van der Waals surface area contributed by atoms with Crippen molar-refractivity contribution in [1.29, 1.82) is 0 Å². The van der Waals surface area contributed by atoms with Gasteiger partial charge in [0.05, 0.1) is 23.9 Å². The van der Waals surface area contributed by atoms with Crippen LogP contribution < -0.4 is 4.74 Å². The van der Waals surface area contributed by atoms with Crippen LogP contribution in [0.15, 0.2) is 66.6 Å². The Balaban J connectivity index is 1.92. The number of likely N-dealkylation sites (tertiary alicyclic amines) is 1. The number of amides is 1. The molecule has 0 spiro atoms. The summed E-state index contributed by atoms with van der Waals surface area (Å²) in [6.45, 7) is 3.90. The Labute approximate surface area is 186 Å². The molecule has 1 amide bonds. The number of rotatable bonds is 5. The molecule has 0 aliphatic carbocycles. The zero-order valence-corrected chi connectivity index (χ0v) is 18.1. The standard InChI is InChI=1S/C25H23N3O4/c1-15-11-16(2)24(32-3)18(12-15)22(29)20-21(19-8-4-5-10-27-19)28(25(31)23(20)30)14-17-7-6-9-26-13-17/h4-13,21,29H,14H2,1-3H3/b22-20+. The Morgan fingerprint density at radius 3 is 2.59 bits per heavy atom. The lowest BCUT2D eigenvalue weighted by atomic mass is 9.95. The van der Waals surface area contributed by atoms with E-state index in [9.17, 15) is 14.7 Å². The molecule has 1 aliphatic heterocycles. The van der Waals surface area contributed by atoms with Crippen LogP contribution in [0.2, 0.25) is 0 Å². The van der Waals surface area contributed by atoms with Crippen molar-refractivity contribution in [3.8, 4) is 5.75 Å². The van der Waals surface area contributed by atoms with E-state index >= 15 is 0 Å². The first kappa shape index (κ1) is 21.2. The predicted molar refractivity (Wildman–Crippen MR) is 119 cm³/mol. The van der Waals surface area contributed by atoms with Gasteiger partial charge in [0.15, 0.2) is 0 Å². The summed E-state index contributed by atoms with van der Waals surface area (Å²) in [5.74, 6) is -1.29. The van der Waals surface area contributed by atoms with Gasteiger partial charge in [-0.25, -0.2) is 0 Å². The molecule has 32 heavy (non-hydrogen) atoms. The van der Waals surface area contributed by atoms with Crippen LogP contribution in [0.3, 0.4) is 0 Å². The second-order valence-electron chi connectivity index (χ2n) is 7.71. The van der Waals surface area contributed by atoms with E-state index < -0.39 is 17.7 Å². The average molecular weight is 429 g/mol. The van der Waals surface area contributed by atoms with E-state index in [2.05, 4.69) is 9.97 Å². The number of ether oxygens (including phenoxy) is 1. The molecule has 1 aliphatic rings. The second-order valence-corrected chi connectivity index (χ2v) is 7.71. The van der Waals surface area contributed by atoms with Crippen molar-refractivity contribution in [2.75, 3.05) is 7.11 Å². The molecule has 0 radical (unpaired) electrons. The van der Waals surface area contributed by atoms with Crippen LogP contribution in [0.5, 0.6) is 5.75 Å². The topological polar surface area (TPSA) is 92.6 Å². The molecular formula is C25H23N3O4. The fourth-order valence-corrected chi connectivity index (χ4v) is 4.12. The van der Waals surface area contributed by atoms with Gasteiger partial charge in [0.25, 0.3) is 11.7 Å². The van der Waals surface area contributed by atoms with Crippen LogP contribution in [0.4, 0.5) is 0 Å². The maximum atomic E-state index is 13.2. The molecule has 1 unspecified atom stereocenters. The van der Waals surface area contributed by atoms with Crippen molar-refractivity contribution in [2.45, 2.75) is 26.4 Å². The molecule has 1 atom stereocenters. The molecule has 162 valence electrons. The van der Waals surface area contributed by atoms with Gasteiger partial charge in [-0.3, -0.25) is 19.6 Å². The van der Waals surface area contributed by atoms with E-state index in [1.165, 1.54) is 12.0 Å². The number of carbonyl (C=O) groups is 2. The number of aliphatic hydroxyl groups excluding tert-OH is 1. The van der Waals surface area contributed by atoms with Gasteiger partial charge >= 0.3 is 0 Å². The molecule has 4 rings (SSSR count). The van der Waals surface area contributed by atoms with E-state index in [1.807, 2.05) is 26.0 Å². The Kier molecular flexibility index (Phi) is 5.73. The molecule has 1 fully saturated rings. The fraction of sp³-hybridized carbons (Fsp3) is 0.200. The smallest absolute Gasteiger partial charge is 0.296 e. The van der Waals surface area contributed by atoms with Gasteiger partial charge in [0.2, 0.25) is 0 Å². The van der Waals surface area contributed by atoms with Crippen LogP contribution in [-0.4, -0.2) is 38.8 Å². The minimum absolute atomic E-state index is 0.0131. The van der Waals surface area contributed by atoms with Gasteiger partial charge in [-0.15, -0.1) is 0 Å². The summed E-state index contributed by atoms with van der Waals surface area (Å²) in [5, 5.41) is 11.3. The molecule has 2 aromatic heterocycles. The normalized spacial score (nSPS) is 17.6. The monoisotopic (exact) mass is 429 g/mol. The van der Waals surface area contributed by atoms with Gasteiger partial charge in [-0.1, -0.05) is 18.2 Å². The Hall–Kier alpha value is -4.00. The van der Waals surface area contributed by atoms with Gasteiger partial charge in [-0.2, -0.15) is 0 Å².